The van der Waals surface area contributed by atoms with Gasteiger partial charge < -0.3 is 0 Å². The van der Waals surface area contributed by atoms with Gasteiger partial charge in [-0.05, 0) is 0 Å². The maximum Gasteiger partial charge on any atom is 0 e. The molecule has 0 aliphatic heterocycles. The summed E-state index contributed by atoms with van der Waals surface area (Å²) in [6.45, 7) is 0. The zero-order valence-electron chi connectivity index (χ0n) is 2.08. The monoisotopic (exact) mass is 415 g/mol. The van der Waals surface area contributed by atoms with Crippen LogP contribution in [0.3, 0.4) is 0 Å². The van der Waals surface area contributed by atoms with Gasteiger partial charge in [-0.25, -0.2) is 0 Å². The fourth-order valence-electron chi connectivity index (χ4n) is 0. The Kier molecular flexibility index (Phi) is 99.0. The van der Waals surface area contributed by atoms with Gasteiger partial charge in [0.1, 0.15) is 0 Å². The minimum absolute atomic E-state index is 0. The van der Waals surface area contributed by atoms with Crippen molar-refractivity contribution in [2.75, 3.05) is 0 Å². The molecule has 0 aromatic carbocycles. The molecule has 0 aromatic rings. The van der Waals surface area contributed by atoms with Crippen LogP contribution < -0.4 is 0 Å². The average Bonchev–Trinajstić information content (AvgIpc) is 0. The molecule has 0 saturated heterocycles. The molecular formula is ScThTiZr. The first-order valence-corrected chi connectivity index (χ1v) is 0. The van der Waals surface area contributed by atoms with Crippen molar-refractivity contribution in [3.63, 3.8) is 0 Å². The summed E-state index contributed by atoms with van der Waals surface area (Å²) < 4.78 is 0. The summed E-state index contributed by atoms with van der Waals surface area (Å²) in [5.74, 6) is 0. The Hall–Kier alpha value is 3.79. The van der Waals surface area contributed by atoms with Gasteiger partial charge in [-0.3, -0.25) is 0 Å². The van der Waals surface area contributed by atoms with Crippen LogP contribution >= 0.6 is 0 Å². The van der Waals surface area contributed by atoms with Gasteiger partial charge >= 0.3 is 0 Å². The maximum absolute atomic E-state index is 0. The summed E-state index contributed by atoms with van der Waals surface area (Å²) in [5, 5.41) is 0. The minimum Gasteiger partial charge on any atom is 0 e. The van der Waals surface area contributed by atoms with Crippen molar-refractivity contribution in [3.05, 3.63) is 0 Å². The molecule has 0 unspecified atom stereocenters. The predicted molar refractivity (Wildman–Crippen MR) is 0 cm³/mol. The van der Waals surface area contributed by atoms with Crippen LogP contribution in [0.15, 0.2) is 0 Å². The van der Waals surface area contributed by atoms with E-state index in [1.165, 1.54) is 0 Å². The summed E-state index contributed by atoms with van der Waals surface area (Å²) in [6, 6.07) is 0. The number of hydrogen-bond donors (Lipinski definition) is 0. The van der Waals surface area contributed by atoms with Crippen LogP contribution in [0.1, 0.15) is 0 Å². The van der Waals surface area contributed by atoms with Crippen LogP contribution in [0.25, 0.3) is 0 Å². The van der Waals surface area contributed by atoms with Crippen molar-refractivity contribution in [2.45, 2.75) is 0 Å². The molecule has 4 heteroatoms. The standard InChI is InChI=1S/Sc.Th.Ti.Zr. The third-order valence-corrected chi connectivity index (χ3v) is 0. The van der Waals surface area contributed by atoms with E-state index < -0.39 is 0 Å². The summed E-state index contributed by atoms with van der Waals surface area (Å²) in [4.78, 5) is 0. The van der Waals surface area contributed by atoms with Crippen LogP contribution in [-0.4, -0.2) is 0 Å². The molecule has 0 atom stereocenters. The van der Waals surface area contributed by atoms with Crippen molar-refractivity contribution >= 4 is 0 Å². The van der Waals surface area contributed by atoms with Gasteiger partial charge in [-0.15, -0.1) is 0 Å². The minimum atomic E-state index is 0. The largest absolute Gasteiger partial charge is 0 e. The molecule has 0 nitrogen and oxygen atoms in total. The number of rotatable bonds is 0. The fourth-order valence-corrected chi connectivity index (χ4v) is 0. The SMILES string of the molecule is [Sc].[Th].[Ti].[Zr]. The molecule has 0 fully saturated rings. The smallest absolute Gasteiger partial charge is 0 e. The van der Waals surface area contributed by atoms with Crippen molar-refractivity contribution in [1.82, 2.24) is 0 Å². The van der Waals surface area contributed by atoms with E-state index in [0.717, 1.165) is 0 Å². The molecule has 4 heavy (non-hydrogen) atoms. The van der Waals surface area contributed by atoms with E-state index >= 15 is 0 Å². The Bertz CT molecular complexity index is 8.00. The second-order valence-electron chi connectivity index (χ2n) is 0. The molecule has 0 bridgehead atoms. The van der Waals surface area contributed by atoms with Gasteiger partial charge in [-0.2, -0.15) is 0 Å². The van der Waals surface area contributed by atoms with Crippen LogP contribution in [0, 0.1) is 39.9 Å². The van der Waals surface area contributed by atoms with Gasteiger partial charge in [0.2, 0.25) is 0 Å². The summed E-state index contributed by atoms with van der Waals surface area (Å²) >= 11 is 0. The molecule has 0 aromatic heterocycles. The molecule has 0 amide bonds. The average molecular weight is 416 g/mol. The van der Waals surface area contributed by atoms with E-state index in [4.69, 9.17) is 0 Å². The van der Waals surface area contributed by atoms with E-state index in [1.807, 2.05) is 0 Å². The molecule has 0 saturated carbocycles. The normalized spacial score (nSPS) is 0. The summed E-state index contributed by atoms with van der Waals surface area (Å²) in [5.41, 5.74) is 0. The third kappa shape index (κ3) is 9.25. The molecular weight excluding hydrogens is 416 g/mol. The van der Waals surface area contributed by atoms with E-state index in [0.29, 0.717) is 0 Å². The second-order valence-corrected chi connectivity index (χ2v) is 0. The molecule has 0 aliphatic carbocycles. The van der Waals surface area contributed by atoms with Gasteiger partial charge in [0.25, 0.3) is 0 Å². The molecule has 0 heterocycles. The van der Waals surface area contributed by atoms with E-state index in [1.54, 1.807) is 0 Å². The maximum atomic E-state index is 0. The van der Waals surface area contributed by atoms with Gasteiger partial charge in [0.05, 0.1) is 0 Å². The van der Waals surface area contributed by atoms with Crippen LogP contribution in [0.2, 0.25) is 0 Å². The first-order chi connectivity index (χ1) is 0. The molecule has 0 N–H and O–H groups in total. The van der Waals surface area contributed by atoms with E-state index in [-0.39, 0.29) is 114 Å². The van der Waals surface area contributed by atoms with E-state index in [9.17, 15) is 0 Å². The molecule has 0 rings (SSSR count). The Balaban J connectivity index is 0. The van der Waals surface area contributed by atoms with E-state index in [2.05, 4.69) is 0 Å². The van der Waals surface area contributed by atoms with Crippen molar-refractivity contribution in [3.8, 4) is 0 Å². The Morgan fingerprint density at radius 3 is 1.00 bits per heavy atom. The summed E-state index contributed by atoms with van der Waals surface area (Å²) in [6.07, 6.45) is 0. The summed E-state index contributed by atoms with van der Waals surface area (Å²) in [7, 11) is 0. The van der Waals surface area contributed by atoms with Gasteiger partial charge in [-0.1, -0.05) is 0 Å². The quantitative estimate of drug-likeness (QED) is 0.488. The first kappa shape index (κ1) is 25.0. The first-order valence-electron chi connectivity index (χ1n) is 0. The Labute approximate surface area is 111 Å². The molecule has 15 valence electrons. The number of hydrogen-bond acceptors (Lipinski definition) is 0. The van der Waals surface area contributed by atoms with Crippen molar-refractivity contribution in [2.24, 2.45) is 0 Å². The predicted octanol–water partition coefficient (Wildman–Crippen LogP) is -0.00750. The van der Waals surface area contributed by atoms with Crippen molar-refractivity contribution < 1.29 is 114 Å². The molecule has 0 spiro atoms. The second kappa shape index (κ2) is 15.8. The Morgan fingerprint density at radius 2 is 1.00 bits per heavy atom. The topological polar surface area (TPSA) is 0 Å². The molecule has 0 aliphatic rings. The van der Waals surface area contributed by atoms with Gasteiger partial charge in [0.15, 0.2) is 0 Å². The zero-order valence-corrected chi connectivity index (χ0v) is 12.0. The Morgan fingerprint density at radius 1 is 1.00 bits per heavy atom. The van der Waals surface area contributed by atoms with Crippen LogP contribution in [0.5, 0.6) is 0 Å². The van der Waals surface area contributed by atoms with Gasteiger partial charge in [0, 0.05) is 114 Å². The molecule has 1 radical (unpaired) electrons. The van der Waals surface area contributed by atoms with Crippen LogP contribution in [-0.2, 0) is 73.8 Å². The third-order valence-electron chi connectivity index (χ3n) is 0. The van der Waals surface area contributed by atoms with Crippen LogP contribution in [0.4, 0.5) is 0 Å². The fraction of sp³-hybridized carbons (Fsp3) is 0. The zero-order chi connectivity index (χ0) is 0. The van der Waals surface area contributed by atoms with Crippen molar-refractivity contribution in [1.29, 1.82) is 0 Å².